The Hall–Kier alpha value is -1.53. The predicted molar refractivity (Wildman–Crippen MR) is 87.2 cm³/mol. The Labute approximate surface area is 133 Å². The molecule has 20 heavy (non-hydrogen) atoms. The van der Waals surface area contributed by atoms with Crippen molar-refractivity contribution in [1.82, 2.24) is 0 Å². The molecule has 0 aromatic heterocycles. The van der Waals surface area contributed by atoms with Gasteiger partial charge in [-0.15, -0.1) is 0 Å². The van der Waals surface area contributed by atoms with E-state index < -0.39 is 0 Å². The summed E-state index contributed by atoms with van der Waals surface area (Å²) < 4.78 is 6.73. The van der Waals surface area contributed by atoms with Crippen LogP contribution in [0.2, 0.25) is 0 Å². The first-order valence-corrected chi connectivity index (χ1v) is 7.30. The lowest BCUT2D eigenvalue weighted by Gasteiger charge is -2.10. The molecule has 0 aliphatic carbocycles. The van der Waals surface area contributed by atoms with Crippen molar-refractivity contribution in [3.05, 3.63) is 50.9 Å². The van der Waals surface area contributed by atoms with Crippen LogP contribution in [-0.4, -0.2) is 13.0 Å². The molecule has 2 rings (SSSR count). The van der Waals surface area contributed by atoms with Crippen LogP contribution in [0.1, 0.15) is 10.4 Å². The summed E-state index contributed by atoms with van der Waals surface area (Å²) in [6, 6.07) is 10.5. The molecule has 0 atom stereocenters. The molecule has 2 aromatic carbocycles. The second kappa shape index (κ2) is 6.28. The number of anilines is 2. The molecule has 0 aliphatic heterocycles. The third-order valence-electron chi connectivity index (χ3n) is 2.68. The van der Waals surface area contributed by atoms with Crippen molar-refractivity contribution in [1.29, 1.82) is 0 Å². The fourth-order valence-electron chi connectivity index (χ4n) is 1.66. The molecule has 0 bridgehead atoms. The first-order chi connectivity index (χ1) is 9.51. The molecule has 0 saturated heterocycles. The Morgan fingerprint density at radius 1 is 1.20 bits per heavy atom. The van der Waals surface area contributed by atoms with E-state index in [2.05, 4.69) is 37.2 Å². The summed E-state index contributed by atoms with van der Waals surface area (Å²) in [5.41, 5.74) is 7.30. The molecule has 4 nitrogen and oxygen atoms in total. The molecule has 6 heteroatoms. The summed E-state index contributed by atoms with van der Waals surface area (Å²) in [6.07, 6.45) is 0. The van der Waals surface area contributed by atoms with Crippen molar-refractivity contribution in [3.8, 4) is 5.75 Å². The van der Waals surface area contributed by atoms with Crippen molar-refractivity contribution < 1.29 is 9.53 Å². The van der Waals surface area contributed by atoms with Gasteiger partial charge in [0.25, 0.3) is 5.91 Å². The van der Waals surface area contributed by atoms with Crippen molar-refractivity contribution in [3.63, 3.8) is 0 Å². The first-order valence-electron chi connectivity index (χ1n) is 5.71. The van der Waals surface area contributed by atoms with E-state index in [1.54, 1.807) is 43.5 Å². The fourth-order valence-corrected chi connectivity index (χ4v) is 2.38. The smallest absolute Gasteiger partial charge is 0.257 e. The van der Waals surface area contributed by atoms with E-state index in [1.807, 2.05) is 0 Å². The van der Waals surface area contributed by atoms with Gasteiger partial charge in [-0.1, -0.05) is 15.9 Å². The number of nitrogen functional groups attached to an aromatic ring is 1. The number of hydrogen-bond acceptors (Lipinski definition) is 3. The quantitative estimate of drug-likeness (QED) is 0.765. The van der Waals surface area contributed by atoms with Crippen LogP contribution < -0.4 is 15.8 Å². The predicted octanol–water partition coefficient (Wildman–Crippen LogP) is 4.05. The highest BCUT2D eigenvalue weighted by Crippen LogP contribution is 2.28. The lowest BCUT2D eigenvalue weighted by atomic mass is 10.1. The zero-order chi connectivity index (χ0) is 14.7. The van der Waals surface area contributed by atoms with E-state index in [-0.39, 0.29) is 5.91 Å². The number of methoxy groups -OCH3 is 1. The van der Waals surface area contributed by atoms with E-state index in [0.717, 1.165) is 8.95 Å². The van der Waals surface area contributed by atoms with E-state index in [4.69, 9.17) is 10.5 Å². The van der Waals surface area contributed by atoms with Crippen LogP contribution in [-0.2, 0) is 0 Å². The van der Waals surface area contributed by atoms with Gasteiger partial charge in [-0.3, -0.25) is 4.79 Å². The molecule has 104 valence electrons. The van der Waals surface area contributed by atoms with Gasteiger partial charge >= 0.3 is 0 Å². The van der Waals surface area contributed by atoms with Gasteiger partial charge in [-0.2, -0.15) is 0 Å². The number of amides is 1. The summed E-state index contributed by atoms with van der Waals surface area (Å²) in [6.45, 7) is 0. The van der Waals surface area contributed by atoms with Gasteiger partial charge in [-0.25, -0.2) is 0 Å². The Kier molecular flexibility index (Phi) is 4.67. The molecule has 3 N–H and O–H groups in total. The standard InChI is InChI=1S/C14H12Br2N2O2/c1-20-9-3-5-11(16)13(7-9)18-14(19)10-4-2-8(15)6-12(10)17/h2-7H,17H2,1H3,(H,18,19). The molecule has 0 aliphatic rings. The molecule has 0 saturated carbocycles. The van der Waals surface area contributed by atoms with Gasteiger partial charge < -0.3 is 15.8 Å². The number of carbonyl (C=O) groups excluding carboxylic acids is 1. The van der Waals surface area contributed by atoms with Crippen molar-refractivity contribution in [2.24, 2.45) is 0 Å². The monoisotopic (exact) mass is 398 g/mol. The topological polar surface area (TPSA) is 64.3 Å². The second-order valence-corrected chi connectivity index (χ2v) is 5.80. The number of hydrogen-bond donors (Lipinski definition) is 2. The van der Waals surface area contributed by atoms with Crippen LogP contribution in [0.15, 0.2) is 45.3 Å². The van der Waals surface area contributed by atoms with E-state index in [0.29, 0.717) is 22.7 Å². The average Bonchev–Trinajstić information content (AvgIpc) is 2.41. The number of carbonyl (C=O) groups is 1. The number of nitrogens with one attached hydrogen (secondary N) is 1. The summed E-state index contributed by atoms with van der Waals surface area (Å²) in [4.78, 5) is 12.2. The van der Waals surface area contributed by atoms with Crippen LogP contribution in [0.25, 0.3) is 0 Å². The molecule has 2 aromatic rings. The van der Waals surface area contributed by atoms with E-state index in [9.17, 15) is 4.79 Å². The van der Waals surface area contributed by atoms with Crippen LogP contribution in [0.5, 0.6) is 5.75 Å². The number of rotatable bonds is 3. The van der Waals surface area contributed by atoms with Gasteiger partial charge in [0.05, 0.1) is 18.4 Å². The van der Waals surface area contributed by atoms with Crippen LogP contribution >= 0.6 is 31.9 Å². The van der Waals surface area contributed by atoms with Crippen molar-refractivity contribution >= 4 is 49.1 Å². The summed E-state index contributed by atoms with van der Waals surface area (Å²) in [5.74, 6) is 0.385. The van der Waals surface area contributed by atoms with E-state index >= 15 is 0 Å². The minimum Gasteiger partial charge on any atom is -0.497 e. The zero-order valence-corrected chi connectivity index (χ0v) is 13.8. The molecule has 0 radical (unpaired) electrons. The fraction of sp³-hybridized carbons (Fsp3) is 0.0714. The van der Waals surface area contributed by atoms with Crippen LogP contribution in [0.4, 0.5) is 11.4 Å². The maximum Gasteiger partial charge on any atom is 0.257 e. The third kappa shape index (κ3) is 3.32. The van der Waals surface area contributed by atoms with Gasteiger partial charge in [0, 0.05) is 20.7 Å². The molecular formula is C14H12Br2N2O2. The average molecular weight is 400 g/mol. The number of nitrogens with two attached hydrogens (primary N) is 1. The van der Waals surface area contributed by atoms with Gasteiger partial charge in [0.2, 0.25) is 0 Å². The molecule has 0 heterocycles. The maximum atomic E-state index is 12.2. The van der Waals surface area contributed by atoms with Gasteiger partial charge in [0.15, 0.2) is 0 Å². The number of ether oxygens (including phenoxy) is 1. The highest BCUT2D eigenvalue weighted by atomic mass is 79.9. The highest BCUT2D eigenvalue weighted by molar-refractivity contribution is 9.10. The van der Waals surface area contributed by atoms with Crippen molar-refractivity contribution in [2.75, 3.05) is 18.2 Å². The minimum atomic E-state index is -0.274. The first kappa shape index (κ1) is 14.9. The Morgan fingerprint density at radius 3 is 2.60 bits per heavy atom. The lowest BCUT2D eigenvalue weighted by Crippen LogP contribution is -2.14. The van der Waals surface area contributed by atoms with Gasteiger partial charge in [0.1, 0.15) is 5.75 Å². The normalized spacial score (nSPS) is 10.2. The summed E-state index contributed by atoms with van der Waals surface area (Å²) >= 11 is 6.69. The second-order valence-electron chi connectivity index (χ2n) is 4.03. The molecular weight excluding hydrogens is 388 g/mol. The minimum absolute atomic E-state index is 0.274. The molecule has 1 amide bonds. The van der Waals surface area contributed by atoms with E-state index in [1.165, 1.54) is 0 Å². The Bertz CT molecular complexity index is 660. The Balaban J connectivity index is 2.27. The van der Waals surface area contributed by atoms with Crippen molar-refractivity contribution in [2.45, 2.75) is 0 Å². The summed E-state index contributed by atoms with van der Waals surface area (Å²) in [5, 5.41) is 2.80. The largest absolute Gasteiger partial charge is 0.497 e. The number of halogens is 2. The van der Waals surface area contributed by atoms with Crippen LogP contribution in [0.3, 0.4) is 0 Å². The molecule has 0 spiro atoms. The Morgan fingerprint density at radius 2 is 1.95 bits per heavy atom. The summed E-state index contributed by atoms with van der Waals surface area (Å²) in [7, 11) is 1.57. The molecule has 0 fully saturated rings. The zero-order valence-electron chi connectivity index (χ0n) is 10.6. The third-order valence-corrected chi connectivity index (χ3v) is 3.86. The van der Waals surface area contributed by atoms with Crippen LogP contribution in [0, 0.1) is 0 Å². The molecule has 0 unspecified atom stereocenters. The lowest BCUT2D eigenvalue weighted by molar-refractivity contribution is 0.102. The SMILES string of the molecule is COc1ccc(Br)c(NC(=O)c2ccc(Br)cc2N)c1. The van der Waals surface area contributed by atoms with Gasteiger partial charge in [-0.05, 0) is 46.3 Å². The number of benzene rings is 2. The highest BCUT2D eigenvalue weighted by Gasteiger charge is 2.12. The maximum absolute atomic E-state index is 12.2.